The van der Waals surface area contributed by atoms with E-state index in [4.69, 9.17) is 21.1 Å². The molecule has 7 rings (SSSR count). The monoisotopic (exact) mass is 1540 g/mol. The molecule has 10 atom stereocenters. The van der Waals surface area contributed by atoms with Crippen LogP contribution >= 0.6 is 11.6 Å². The second-order valence-corrected chi connectivity index (χ2v) is 31.5. The maximum atomic E-state index is 15.9. The van der Waals surface area contributed by atoms with Crippen molar-refractivity contribution in [2.45, 2.75) is 242 Å². The number of rotatable bonds is 16. The van der Waals surface area contributed by atoms with Crippen molar-refractivity contribution >= 4 is 88.5 Å². The number of halogens is 4. The van der Waals surface area contributed by atoms with Crippen LogP contribution in [0.2, 0.25) is 5.02 Å². The number of benzene rings is 1. The number of alkyl halides is 3. The van der Waals surface area contributed by atoms with Crippen LogP contribution in [0, 0.1) is 23.7 Å². The number of likely N-dealkylation sites (N-methyl/N-ethyl adjacent to an activating group) is 7. The van der Waals surface area contributed by atoms with Gasteiger partial charge in [-0.05, 0) is 112 Å². The Hall–Kier alpha value is -7.89. The first-order valence-electron chi connectivity index (χ1n) is 38.5. The minimum absolute atomic E-state index is 0.0215. The molecule has 27 nitrogen and oxygen atoms in total. The molecule has 1 aromatic rings. The minimum atomic E-state index is -4.81. The molecule has 108 heavy (non-hydrogen) atoms. The number of nitrogens with zero attached hydrogens (tertiary/aromatic N) is 9. The van der Waals surface area contributed by atoms with Crippen molar-refractivity contribution in [1.29, 1.82) is 0 Å². The standard InChI is InChI=1S/C77H116ClF3N12O15/c1-14-39-108-63(96)32-31-56-67(98)84-76(34-21-22-35-76)75(106)91(13)65(52-25-19-20-26-52)74(105)90(12)60(72(103)92-37-40-107-41-38-92)45-62(95)87(9)58(42-47(3)4)66(97)83-64(48(5)15-2)73(104)86(8)49(6)68(99)93-36-33-57(93)71(102)89(11)59(44-50-23-17-16-18-24-50)70(101)85(7)46-61(94)82-55(69(100)88(56)10)30-28-51-27-29-53(54(78)43-51)77(79,80)81/h14,27,29,43,47-50,52,55-60,64-65H,1,15-26,28,30-42,44-46H2,2-13H3,(H,82,94)(H,83,97)(H,84,98)/t48-,49-,55-,56+,57-,58-,59+,60-,64-,65+/m0/s1. The van der Waals surface area contributed by atoms with E-state index in [0.29, 0.717) is 44.9 Å². The van der Waals surface area contributed by atoms with Crippen LogP contribution in [0.3, 0.4) is 0 Å². The average Bonchev–Trinajstić information content (AvgIpc) is 1.24. The lowest BCUT2D eigenvalue weighted by atomic mass is 9.84. The summed E-state index contributed by atoms with van der Waals surface area (Å²) in [6.45, 7) is 12.2. The summed E-state index contributed by atoms with van der Waals surface area (Å²) in [6, 6.07) is -8.92. The summed E-state index contributed by atoms with van der Waals surface area (Å²) < 4.78 is 52.9. The topological polar surface area (TPSA) is 306 Å². The number of hydrogen-bond acceptors (Lipinski definition) is 15. The molecule has 6 aliphatic rings. The molecule has 3 saturated heterocycles. The number of carbonyl (C=O) groups is 13. The zero-order chi connectivity index (χ0) is 79.8. The Morgan fingerprint density at radius 1 is 0.704 bits per heavy atom. The van der Waals surface area contributed by atoms with Gasteiger partial charge in [0.05, 0.1) is 36.8 Å². The van der Waals surface area contributed by atoms with E-state index in [1.54, 1.807) is 6.92 Å². The molecule has 3 aliphatic heterocycles. The first-order valence-corrected chi connectivity index (χ1v) is 38.9. The third-order valence-corrected chi connectivity index (χ3v) is 23.6. The van der Waals surface area contributed by atoms with E-state index in [2.05, 4.69) is 22.5 Å². The van der Waals surface area contributed by atoms with Crippen molar-refractivity contribution in [3.8, 4) is 0 Å². The van der Waals surface area contributed by atoms with Crippen LogP contribution in [0.4, 0.5) is 13.2 Å². The molecule has 0 radical (unpaired) electrons. The Balaban J connectivity index is 1.34. The van der Waals surface area contributed by atoms with Crippen LogP contribution in [0.15, 0.2) is 30.9 Å². The number of hydrogen-bond donors (Lipinski definition) is 3. The maximum Gasteiger partial charge on any atom is 0.417 e. The molecular weight excluding hydrogens is 1430 g/mol. The van der Waals surface area contributed by atoms with Gasteiger partial charge in [-0.2, -0.15) is 13.2 Å². The molecule has 0 aromatic heterocycles. The van der Waals surface area contributed by atoms with Gasteiger partial charge in [0.2, 0.25) is 70.9 Å². The van der Waals surface area contributed by atoms with Gasteiger partial charge in [-0.3, -0.25) is 62.3 Å². The van der Waals surface area contributed by atoms with Gasteiger partial charge in [0, 0.05) is 75.4 Å². The van der Waals surface area contributed by atoms with Crippen LogP contribution in [0.1, 0.15) is 181 Å². The lowest BCUT2D eigenvalue weighted by Crippen LogP contribution is -2.65. The van der Waals surface area contributed by atoms with E-state index in [-0.39, 0.29) is 102 Å². The van der Waals surface area contributed by atoms with Crippen molar-refractivity contribution in [3.05, 3.63) is 47.0 Å². The molecule has 6 fully saturated rings. The largest absolute Gasteiger partial charge is 0.461 e. The van der Waals surface area contributed by atoms with Gasteiger partial charge in [-0.25, -0.2) is 0 Å². The summed E-state index contributed by atoms with van der Waals surface area (Å²) in [5.74, 6) is -10.6. The number of ether oxygens (including phenoxy) is 2. The van der Waals surface area contributed by atoms with Crippen molar-refractivity contribution < 1.29 is 85.0 Å². The third kappa shape index (κ3) is 21.6. The highest BCUT2D eigenvalue weighted by atomic mass is 35.5. The summed E-state index contributed by atoms with van der Waals surface area (Å²) in [6.07, 6.45) is 2.78. The molecular formula is C77H116ClF3N12O15. The summed E-state index contributed by atoms with van der Waals surface area (Å²) in [7, 11) is 9.72. The van der Waals surface area contributed by atoms with Crippen LogP contribution in [-0.4, -0.2) is 276 Å². The molecule has 3 aliphatic carbocycles. The average molecular weight is 1540 g/mol. The summed E-state index contributed by atoms with van der Waals surface area (Å²) in [5, 5.41) is 7.99. The van der Waals surface area contributed by atoms with E-state index < -0.39 is 191 Å². The number of morpholine rings is 1. The first kappa shape index (κ1) is 87.3. The van der Waals surface area contributed by atoms with E-state index in [1.165, 1.54) is 103 Å². The van der Waals surface area contributed by atoms with Crippen LogP contribution in [-0.2, 0) is 84.4 Å². The van der Waals surface area contributed by atoms with Crippen LogP contribution in [0.25, 0.3) is 0 Å². The lowest BCUT2D eigenvalue weighted by Gasteiger charge is -2.45. The molecule has 3 heterocycles. The molecule has 1 aromatic carbocycles. The normalized spacial score (nSPS) is 26.9. The Labute approximate surface area is 638 Å². The Morgan fingerprint density at radius 3 is 1.92 bits per heavy atom. The number of carbonyl (C=O) groups excluding carboxylic acids is 13. The Bertz CT molecular complexity index is 3410. The highest BCUT2D eigenvalue weighted by molar-refractivity contribution is 6.31. The molecule has 3 N–H and O–H groups in total. The first-order chi connectivity index (χ1) is 51.0. The highest BCUT2D eigenvalue weighted by Crippen LogP contribution is 2.39. The van der Waals surface area contributed by atoms with Gasteiger partial charge in [0.15, 0.2) is 0 Å². The number of amides is 12. The smallest absolute Gasteiger partial charge is 0.417 e. The zero-order valence-electron chi connectivity index (χ0n) is 65.2. The van der Waals surface area contributed by atoms with Gasteiger partial charge in [-0.15, -0.1) is 0 Å². The maximum absolute atomic E-state index is 15.9. The summed E-state index contributed by atoms with van der Waals surface area (Å²) in [5.41, 5.74) is -2.64. The van der Waals surface area contributed by atoms with E-state index >= 15 is 38.4 Å². The van der Waals surface area contributed by atoms with Crippen molar-refractivity contribution in [3.63, 3.8) is 0 Å². The quantitative estimate of drug-likeness (QED) is 0.131. The minimum Gasteiger partial charge on any atom is -0.461 e. The fraction of sp³-hybridized carbons (Fsp3) is 0.727. The second-order valence-electron chi connectivity index (χ2n) is 31.1. The Kier molecular flexibility index (Phi) is 31.7. The molecule has 3 saturated carbocycles. The summed E-state index contributed by atoms with van der Waals surface area (Å²) in [4.78, 5) is 207. The third-order valence-electron chi connectivity index (χ3n) is 23.3. The fourth-order valence-corrected chi connectivity index (χ4v) is 16.4. The lowest BCUT2D eigenvalue weighted by molar-refractivity contribution is -0.160. The second kappa shape index (κ2) is 39.1. The van der Waals surface area contributed by atoms with Crippen molar-refractivity contribution in [2.24, 2.45) is 23.7 Å². The van der Waals surface area contributed by atoms with Crippen molar-refractivity contribution in [2.75, 3.05) is 95.3 Å². The molecule has 12 amide bonds. The predicted octanol–water partition coefficient (Wildman–Crippen LogP) is 5.76. The van der Waals surface area contributed by atoms with Gasteiger partial charge in [0.1, 0.15) is 66.5 Å². The number of aryl methyl sites for hydroxylation is 1. The number of esters is 1. The van der Waals surface area contributed by atoms with Gasteiger partial charge >= 0.3 is 12.1 Å². The summed E-state index contributed by atoms with van der Waals surface area (Å²) >= 11 is 6.19. The molecule has 31 heteroatoms. The van der Waals surface area contributed by atoms with Crippen LogP contribution < -0.4 is 16.0 Å². The Morgan fingerprint density at radius 2 is 1.33 bits per heavy atom. The number of fused-ring (bicyclic) bond motifs is 1. The van der Waals surface area contributed by atoms with Gasteiger partial charge in [-0.1, -0.05) is 122 Å². The fourth-order valence-electron chi connectivity index (χ4n) is 16.1. The molecule has 1 spiro atoms. The zero-order valence-corrected chi connectivity index (χ0v) is 65.9. The van der Waals surface area contributed by atoms with E-state index in [0.717, 1.165) is 54.0 Å². The van der Waals surface area contributed by atoms with E-state index in [9.17, 15) is 37.1 Å². The molecule has 0 bridgehead atoms. The van der Waals surface area contributed by atoms with Crippen molar-refractivity contribution in [1.82, 2.24) is 60.0 Å². The SMILES string of the molecule is C=CCOC(=O)CC[C@@H]1C(=O)NC2(CCCC2)C(=O)N(C)[C@H](C2CCCC2)C(=O)N(C)[C@H](C(=O)N2CCOCC2)CC(=O)N(C)[C@@H](CC(C)C)C(=O)N[C@@H]([C@@H](C)CC)C(=O)N(C)[C@@H](C)C(=O)N2CC[C@H]2C(=O)N(C)[C@H](CC2CCCCC2)C(=O)N(C)CC(=O)N[C@@H](CCc2ccc(C(F)(F)F)c(Cl)c2)C(=O)N1C. The van der Waals surface area contributed by atoms with Crippen LogP contribution in [0.5, 0.6) is 0 Å². The molecule has 0 unspecified atom stereocenters. The van der Waals surface area contributed by atoms with E-state index in [1.807, 2.05) is 20.8 Å². The predicted molar refractivity (Wildman–Crippen MR) is 395 cm³/mol. The highest BCUT2D eigenvalue weighted by Gasteiger charge is 2.52. The number of nitrogens with one attached hydrogen (secondary N) is 3. The van der Waals surface area contributed by atoms with Gasteiger partial charge in [0.25, 0.3) is 0 Å². The molecule has 602 valence electrons. The van der Waals surface area contributed by atoms with Gasteiger partial charge < -0.3 is 69.5 Å².